The molecule has 0 atom stereocenters. The maximum Gasteiger partial charge on any atom is 0.243 e. The van der Waals surface area contributed by atoms with Crippen molar-refractivity contribution < 1.29 is 14.3 Å². The van der Waals surface area contributed by atoms with Gasteiger partial charge in [0.15, 0.2) is 0 Å². The smallest absolute Gasteiger partial charge is 0.243 e. The quantitative estimate of drug-likeness (QED) is 0.681. The Morgan fingerprint density at radius 2 is 1.80 bits per heavy atom. The first-order valence-corrected chi connectivity index (χ1v) is 8.50. The van der Waals surface area contributed by atoms with Gasteiger partial charge in [0.25, 0.3) is 0 Å². The summed E-state index contributed by atoms with van der Waals surface area (Å²) < 4.78 is 10.8. The number of ether oxygens (including phenoxy) is 2. The van der Waals surface area contributed by atoms with Crippen LogP contribution in [0.25, 0.3) is 0 Å². The second kappa shape index (κ2) is 9.69. The van der Waals surface area contributed by atoms with Crippen molar-refractivity contribution in [3.8, 4) is 5.75 Å². The van der Waals surface area contributed by atoms with Crippen molar-refractivity contribution in [3.63, 3.8) is 0 Å². The molecule has 5 heteroatoms. The van der Waals surface area contributed by atoms with Crippen molar-refractivity contribution in [1.82, 2.24) is 0 Å². The molecule has 2 aromatic carbocycles. The van der Waals surface area contributed by atoms with E-state index in [2.05, 4.69) is 10.6 Å². The summed E-state index contributed by atoms with van der Waals surface area (Å²) in [6.45, 7) is 7.94. The van der Waals surface area contributed by atoms with Gasteiger partial charge in [0.2, 0.25) is 5.91 Å². The van der Waals surface area contributed by atoms with Crippen molar-refractivity contribution in [2.24, 2.45) is 0 Å². The molecule has 0 spiro atoms. The van der Waals surface area contributed by atoms with Crippen molar-refractivity contribution in [2.45, 2.75) is 20.8 Å². The van der Waals surface area contributed by atoms with E-state index in [1.54, 1.807) is 0 Å². The summed E-state index contributed by atoms with van der Waals surface area (Å²) >= 11 is 0. The lowest BCUT2D eigenvalue weighted by molar-refractivity contribution is -0.114. The minimum atomic E-state index is -0.0780. The SMILES string of the molecule is CCOCCOc1ccc(NCC(=O)Nc2cc(C)ccc2C)cc1. The van der Waals surface area contributed by atoms with Gasteiger partial charge in [-0.15, -0.1) is 0 Å². The normalized spacial score (nSPS) is 10.4. The van der Waals surface area contributed by atoms with Crippen LogP contribution in [0.4, 0.5) is 11.4 Å². The molecule has 5 nitrogen and oxygen atoms in total. The average Bonchev–Trinajstić information content (AvgIpc) is 2.61. The molecule has 0 saturated carbocycles. The molecule has 134 valence electrons. The van der Waals surface area contributed by atoms with Crippen LogP contribution in [0.1, 0.15) is 18.1 Å². The molecule has 2 aromatic rings. The van der Waals surface area contributed by atoms with E-state index in [-0.39, 0.29) is 12.5 Å². The zero-order chi connectivity index (χ0) is 18.1. The summed E-state index contributed by atoms with van der Waals surface area (Å²) in [7, 11) is 0. The van der Waals surface area contributed by atoms with Gasteiger partial charge in [0, 0.05) is 18.0 Å². The fourth-order valence-electron chi connectivity index (χ4n) is 2.28. The molecule has 25 heavy (non-hydrogen) atoms. The van der Waals surface area contributed by atoms with Crippen LogP contribution in [0, 0.1) is 13.8 Å². The first-order chi connectivity index (χ1) is 12.1. The van der Waals surface area contributed by atoms with Gasteiger partial charge in [-0.3, -0.25) is 4.79 Å². The molecular weight excluding hydrogens is 316 g/mol. The molecule has 0 aromatic heterocycles. The largest absolute Gasteiger partial charge is 0.491 e. The van der Waals surface area contributed by atoms with Crippen molar-refractivity contribution in [2.75, 3.05) is 37.0 Å². The van der Waals surface area contributed by atoms with Crippen LogP contribution in [0.5, 0.6) is 5.75 Å². The highest BCUT2D eigenvalue weighted by Crippen LogP contribution is 2.17. The van der Waals surface area contributed by atoms with E-state index >= 15 is 0 Å². The van der Waals surface area contributed by atoms with Gasteiger partial charge in [-0.05, 0) is 62.2 Å². The number of benzene rings is 2. The van der Waals surface area contributed by atoms with Crippen LogP contribution < -0.4 is 15.4 Å². The lowest BCUT2D eigenvalue weighted by atomic mass is 10.1. The van der Waals surface area contributed by atoms with Gasteiger partial charge in [0.05, 0.1) is 13.2 Å². The number of anilines is 2. The van der Waals surface area contributed by atoms with Crippen LogP contribution in [0.15, 0.2) is 42.5 Å². The van der Waals surface area contributed by atoms with Crippen LogP contribution in [0.2, 0.25) is 0 Å². The standard InChI is InChI=1S/C20H26N2O3/c1-4-24-11-12-25-18-9-7-17(8-10-18)21-14-20(23)22-19-13-15(2)5-6-16(19)3/h5-10,13,21H,4,11-12,14H2,1-3H3,(H,22,23). The van der Waals surface area contributed by atoms with Gasteiger partial charge in [0.1, 0.15) is 12.4 Å². The van der Waals surface area contributed by atoms with Crippen LogP contribution in [-0.4, -0.2) is 32.3 Å². The van der Waals surface area contributed by atoms with Gasteiger partial charge in [-0.25, -0.2) is 0 Å². The van der Waals surface area contributed by atoms with E-state index in [1.165, 1.54) is 0 Å². The van der Waals surface area contributed by atoms with Gasteiger partial charge in [-0.1, -0.05) is 12.1 Å². The van der Waals surface area contributed by atoms with Crippen LogP contribution in [-0.2, 0) is 9.53 Å². The molecule has 0 saturated heterocycles. The number of aryl methyl sites for hydroxylation is 2. The molecule has 2 rings (SSSR count). The molecule has 0 aliphatic rings. The summed E-state index contributed by atoms with van der Waals surface area (Å²) in [6, 6.07) is 13.5. The zero-order valence-electron chi connectivity index (χ0n) is 15.1. The lowest BCUT2D eigenvalue weighted by Crippen LogP contribution is -2.22. The first-order valence-electron chi connectivity index (χ1n) is 8.50. The predicted octanol–water partition coefficient (Wildman–Crippen LogP) is 3.77. The van der Waals surface area contributed by atoms with E-state index in [9.17, 15) is 4.79 Å². The third-order valence-corrected chi connectivity index (χ3v) is 3.68. The average molecular weight is 342 g/mol. The minimum Gasteiger partial charge on any atom is -0.491 e. The molecule has 0 aliphatic carbocycles. The maximum absolute atomic E-state index is 12.1. The Morgan fingerprint density at radius 3 is 2.52 bits per heavy atom. The van der Waals surface area contributed by atoms with E-state index in [0.717, 1.165) is 28.3 Å². The molecule has 0 heterocycles. The summed E-state index contributed by atoms with van der Waals surface area (Å²) in [5, 5.41) is 6.04. The summed E-state index contributed by atoms with van der Waals surface area (Å²) in [5.74, 6) is 0.704. The highest BCUT2D eigenvalue weighted by atomic mass is 16.5. The van der Waals surface area contributed by atoms with Crippen molar-refractivity contribution in [3.05, 3.63) is 53.6 Å². The van der Waals surface area contributed by atoms with Gasteiger partial charge >= 0.3 is 0 Å². The molecule has 2 N–H and O–H groups in total. The number of rotatable bonds is 9. The van der Waals surface area contributed by atoms with E-state index < -0.39 is 0 Å². The van der Waals surface area contributed by atoms with E-state index in [1.807, 2.05) is 63.2 Å². The molecule has 1 amide bonds. The second-order valence-corrected chi connectivity index (χ2v) is 5.79. The summed E-state index contributed by atoms with van der Waals surface area (Å²) in [5.41, 5.74) is 3.89. The zero-order valence-corrected chi connectivity index (χ0v) is 15.1. The Kier molecular flexibility index (Phi) is 7.29. The number of hydrogen-bond acceptors (Lipinski definition) is 4. The van der Waals surface area contributed by atoms with Crippen LogP contribution in [0.3, 0.4) is 0 Å². The lowest BCUT2D eigenvalue weighted by Gasteiger charge is -2.11. The Balaban J connectivity index is 1.78. The minimum absolute atomic E-state index is 0.0780. The fraction of sp³-hybridized carbons (Fsp3) is 0.350. The summed E-state index contributed by atoms with van der Waals surface area (Å²) in [6.07, 6.45) is 0. The van der Waals surface area contributed by atoms with E-state index in [0.29, 0.717) is 19.8 Å². The number of nitrogens with one attached hydrogen (secondary N) is 2. The Bertz CT molecular complexity index is 684. The second-order valence-electron chi connectivity index (χ2n) is 5.79. The topological polar surface area (TPSA) is 59.6 Å². The number of carbonyl (C=O) groups is 1. The summed E-state index contributed by atoms with van der Waals surface area (Å²) in [4.78, 5) is 12.1. The Labute approximate surface area is 149 Å². The van der Waals surface area contributed by atoms with Gasteiger partial charge in [-0.2, -0.15) is 0 Å². The highest BCUT2D eigenvalue weighted by Gasteiger charge is 2.05. The predicted molar refractivity (Wildman–Crippen MR) is 101 cm³/mol. The number of carbonyl (C=O) groups excluding carboxylic acids is 1. The third kappa shape index (κ3) is 6.47. The third-order valence-electron chi connectivity index (χ3n) is 3.68. The van der Waals surface area contributed by atoms with Crippen molar-refractivity contribution in [1.29, 1.82) is 0 Å². The molecule has 0 fully saturated rings. The molecule has 0 aliphatic heterocycles. The molecule has 0 radical (unpaired) electrons. The number of amides is 1. The van der Waals surface area contributed by atoms with Crippen molar-refractivity contribution >= 4 is 17.3 Å². The fourth-order valence-corrected chi connectivity index (χ4v) is 2.28. The first kappa shape index (κ1) is 18.8. The Morgan fingerprint density at radius 1 is 1.04 bits per heavy atom. The molecule has 0 unspecified atom stereocenters. The Hall–Kier alpha value is -2.53. The number of hydrogen-bond donors (Lipinski definition) is 2. The van der Waals surface area contributed by atoms with Crippen LogP contribution >= 0.6 is 0 Å². The molecule has 0 bridgehead atoms. The highest BCUT2D eigenvalue weighted by molar-refractivity contribution is 5.94. The maximum atomic E-state index is 12.1. The van der Waals surface area contributed by atoms with E-state index in [4.69, 9.17) is 9.47 Å². The molecular formula is C20H26N2O3. The van der Waals surface area contributed by atoms with Gasteiger partial charge < -0.3 is 20.1 Å². The monoisotopic (exact) mass is 342 g/mol.